The Morgan fingerprint density at radius 1 is 1.56 bits per heavy atom. The van der Waals surface area contributed by atoms with Crippen LogP contribution in [0.15, 0.2) is 36.5 Å². The van der Waals surface area contributed by atoms with Gasteiger partial charge in [-0.15, -0.1) is 0 Å². The van der Waals surface area contributed by atoms with Crippen LogP contribution in [0.1, 0.15) is 20.3 Å². The highest BCUT2D eigenvalue weighted by Gasteiger charge is 1.74. The van der Waals surface area contributed by atoms with Crippen LogP contribution in [-0.4, -0.2) is 0 Å². The molecule has 0 unspecified atom stereocenters. The Bertz CT molecular complexity index is 127. The summed E-state index contributed by atoms with van der Waals surface area (Å²) in [7, 11) is 0. The number of hydrogen-bond acceptors (Lipinski definition) is 0. The minimum Gasteiger partial charge on any atom is -0.0988 e. The van der Waals surface area contributed by atoms with Gasteiger partial charge in [0.15, 0.2) is 0 Å². The molecule has 0 aliphatic heterocycles. The van der Waals surface area contributed by atoms with Crippen molar-refractivity contribution in [1.82, 2.24) is 0 Å². The first kappa shape index (κ1) is 8.22. The van der Waals surface area contributed by atoms with E-state index in [1.807, 2.05) is 19.1 Å². The number of allylic oxidation sites excluding steroid dienone is 5. The van der Waals surface area contributed by atoms with Gasteiger partial charge in [-0.25, -0.2) is 0 Å². The van der Waals surface area contributed by atoms with Gasteiger partial charge in [0.1, 0.15) is 0 Å². The molecule has 0 radical (unpaired) electrons. The monoisotopic (exact) mass is 122 g/mol. The first-order valence-corrected chi connectivity index (χ1v) is 3.21. The molecule has 0 saturated heterocycles. The summed E-state index contributed by atoms with van der Waals surface area (Å²) in [5, 5.41) is 0. The zero-order valence-electron chi connectivity index (χ0n) is 6.22. The number of rotatable bonds is 3. The largest absolute Gasteiger partial charge is 0.0988 e. The lowest BCUT2D eigenvalue weighted by Crippen LogP contribution is -1.64. The van der Waals surface area contributed by atoms with Crippen LogP contribution in [0.4, 0.5) is 0 Å². The van der Waals surface area contributed by atoms with Gasteiger partial charge in [-0.1, -0.05) is 36.5 Å². The highest BCUT2D eigenvalue weighted by molar-refractivity contribution is 5.13. The SMILES string of the molecule is C=C/C(C)=C/C/C=C\C. The molecule has 0 saturated carbocycles. The van der Waals surface area contributed by atoms with Crippen molar-refractivity contribution in [2.75, 3.05) is 0 Å². The predicted molar refractivity (Wildman–Crippen MR) is 43.4 cm³/mol. The summed E-state index contributed by atoms with van der Waals surface area (Å²) in [5.41, 5.74) is 1.24. The average molecular weight is 122 g/mol. The molecular weight excluding hydrogens is 108 g/mol. The lowest BCUT2D eigenvalue weighted by molar-refractivity contribution is 1.32. The Kier molecular flexibility index (Phi) is 4.89. The standard InChI is InChI=1S/C9H14/c1-4-6-7-8-9(3)5-2/h4-6,8H,2,7H2,1,3H3/b6-4-,9-8+. The van der Waals surface area contributed by atoms with Crippen molar-refractivity contribution in [3.05, 3.63) is 36.5 Å². The van der Waals surface area contributed by atoms with Crippen LogP contribution in [0.25, 0.3) is 0 Å². The molecule has 50 valence electrons. The van der Waals surface area contributed by atoms with Gasteiger partial charge in [0, 0.05) is 0 Å². The molecule has 0 amide bonds. The molecule has 0 bridgehead atoms. The molecule has 9 heavy (non-hydrogen) atoms. The van der Waals surface area contributed by atoms with Crippen molar-refractivity contribution in [2.45, 2.75) is 20.3 Å². The van der Waals surface area contributed by atoms with Gasteiger partial charge in [-0.2, -0.15) is 0 Å². The minimum atomic E-state index is 1.02. The fourth-order valence-corrected chi connectivity index (χ4v) is 0.473. The minimum absolute atomic E-state index is 1.02. The molecule has 0 atom stereocenters. The molecule has 0 rings (SSSR count). The van der Waals surface area contributed by atoms with E-state index in [9.17, 15) is 0 Å². The van der Waals surface area contributed by atoms with Gasteiger partial charge in [0.05, 0.1) is 0 Å². The van der Waals surface area contributed by atoms with Crippen molar-refractivity contribution < 1.29 is 0 Å². The molecule has 0 heteroatoms. The van der Waals surface area contributed by atoms with E-state index in [2.05, 4.69) is 25.7 Å². The molecule has 0 aliphatic rings. The van der Waals surface area contributed by atoms with Gasteiger partial charge < -0.3 is 0 Å². The maximum Gasteiger partial charge on any atom is -0.0164 e. The second kappa shape index (κ2) is 5.36. The van der Waals surface area contributed by atoms with E-state index in [1.54, 1.807) is 0 Å². The molecule has 0 N–H and O–H groups in total. The normalized spacial score (nSPS) is 12.4. The lowest BCUT2D eigenvalue weighted by Gasteiger charge is -1.85. The zero-order valence-corrected chi connectivity index (χ0v) is 6.22. The van der Waals surface area contributed by atoms with Gasteiger partial charge in [-0.3, -0.25) is 0 Å². The highest BCUT2D eigenvalue weighted by atomic mass is 13.8. The summed E-state index contributed by atoms with van der Waals surface area (Å²) >= 11 is 0. The van der Waals surface area contributed by atoms with Crippen LogP contribution in [-0.2, 0) is 0 Å². The average Bonchev–Trinajstić information content (AvgIpc) is 1.89. The fraction of sp³-hybridized carbons (Fsp3) is 0.333. The van der Waals surface area contributed by atoms with E-state index in [4.69, 9.17) is 0 Å². The summed E-state index contributed by atoms with van der Waals surface area (Å²) in [4.78, 5) is 0. The summed E-state index contributed by atoms with van der Waals surface area (Å²) in [5.74, 6) is 0. The van der Waals surface area contributed by atoms with E-state index < -0.39 is 0 Å². The Morgan fingerprint density at radius 2 is 2.22 bits per heavy atom. The van der Waals surface area contributed by atoms with E-state index in [-0.39, 0.29) is 0 Å². The maximum atomic E-state index is 3.65. The molecular formula is C9H14. The van der Waals surface area contributed by atoms with Crippen molar-refractivity contribution in [1.29, 1.82) is 0 Å². The third-order valence-electron chi connectivity index (χ3n) is 1.13. The predicted octanol–water partition coefficient (Wildman–Crippen LogP) is 3.08. The topological polar surface area (TPSA) is 0 Å². The lowest BCUT2D eigenvalue weighted by atomic mass is 10.2. The van der Waals surface area contributed by atoms with Crippen molar-refractivity contribution >= 4 is 0 Å². The Labute approximate surface area is 57.6 Å². The third-order valence-corrected chi connectivity index (χ3v) is 1.13. The van der Waals surface area contributed by atoms with Crippen LogP contribution >= 0.6 is 0 Å². The van der Waals surface area contributed by atoms with Crippen LogP contribution in [0, 0.1) is 0 Å². The van der Waals surface area contributed by atoms with E-state index in [0.29, 0.717) is 0 Å². The summed E-state index contributed by atoms with van der Waals surface area (Å²) in [6, 6.07) is 0. The molecule has 0 heterocycles. The quantitative estimate of drug-likeness (QED) is 0.398. The van der Waals surface area contributed by atoms with Crippen molar-refractivity contribution in [3.63, 3.8) is 0 Å². The summed E-state index contributed by atoms with van der Waals surface area (Å²) in [6.45, 7) is 7.72. The van der Waals surface area contributed by atoms with Gasteiger partial charge in [0.2, 0.25) is 0 Å². The summed E-state index contributed by atoms with van der Waals surface area (Å²) in [6.07, 6.45) is 9.20. The molecule has 0 aromatic rings. The first-order valence-electron chi connectivity index (χ1n) is 3.21. The van der Waals surface area contributed by atoms with E-state index in [0.717, 1.165) is 6.42 Å². The van der Waals surface area contributed by atoms with E-state index in [1.165, 1.54) is 5.57 Å². The Balaban J connectivity index is 3.56. The van der Waals surface area contributed by atoms with Crippen LogP contribution in [0.3, 0.4) is 0 Å². The first-order chi connectivity index (χ1) is 4.31. The van der Waals surface area contributed by atoms with Crippen molar-refractivity contribution in [3.8, 4) is 0 Å². The van der Waals surface area contributed by atoms with E-state index >= 15 is 0 Å². The Hall–Kier alpha value is -0.780. The third kappa shape index (κ3) is 5.09. The Morgan fingerprint density at radius 3 is 2.67 bits per heavy atom. The van der Waals surface area contributed by atoms with Crippen molar-refractivity contribution in [2.24, 2.45) is 0 Å². The molecule has 0 aromatic heterocycles. The highest BCUT2D eigenvalue weighted by Crippen LogP contribution is 1.95. The second-order valence-corrected chi connectivity index (χ2v) is 1.96. The zero-order chi connectivity index (χ0) is 7.11. The molecule has 0 fully saturated rings. The molecule has 0 aliphatic carbocycles. The molecule has 0 aromatic carbocycles. The summed E-state index contributed by atoms with van der Waals surface area (Å²) < 4.78 is 0. The fourth-order valence-electron chi connectivity index (χ4n) is 0.473. The van der Waals surface area contributed by atoms with Gasteiger partial charge >= 0.3 is 0 Å². The van der Waals surface area contributed by atoms with Crippen LogP contribution in [0.5, 0.6) is 0 Å². The van der Waals surface area contributed by atoms with Gasteiger partial charge in [0.25, 0.3) is 0 Å². The molecule has 0 spiro atoms. The number of hydrogen-bond donors (Lipinski definition) is 0. The van der Waals surface area contributed by atoms with Gasteiger partial charge in [-0.05, 0) is 20.3 Å². The van der Waals surface area contributed by atoms with Crippen LogP contribution in [0.2, 0.25) is 0 Å². The molecule has 0 nitrogen and oxygen atoms in total. The second-order valence-electron chi connectivity index (χ2n) is 1.96. The van der Waals surface area contributed by atoms with Crippen LogP contribution < -0.4 is 0 Å². The smallest absolute Gasteiger partial charge is 0.0164 e. The maximum absolute atomic E-state index is 3.65.